The summed E-state index contributed by atoms with van der Waals surface area (Å²) in [7, 11) is 0. The van der Waals surface area contributed by atoms with Gasteiger partial charge in [0.05, 0.1) is 0 Å². The molecule has 4 aliphatic carbocycles. The van der Waals surface area contributed by atoms with Gasteiger partial charge in [0, 0.05) is 5.54 Å². The largest absolute Gasteiger partial charge is 0.493 e. The third-order valence-electron chi connectivity index (χ3n) is 5.85. The highest BCUT2D eigenvalue weighted by molar-refractivity contribution is 5.96. The van der Waals surface area contributed by atoms with Crippen LogP contribution in [-0.4, -0.2) is 43.3 Å². The standard InChI is InChI=1S/C18H24N2O6/c21-15(10-26-16(22)14-9-24-1-2-25-14)19-17(23)20-18-6-11-3-12(7-18)5-13(4-11)8-18/h9,11-13H,1-8,10H2,(H2,19,20,21,23). The van der Waals surface area contributed by atoms with Gasteiger partial charge in [0.1, 0.15) is 19.5 Å². The van der Waals surface area contributed by atoms with Crippen LogP contribution in [0.3, 0.4) is 0 Å². The molecule has 0 aromatic rings. The number of imide groups is 1. The maximum absolute atomic E-state index is 12.2. The molecule has 0 atom stereocenters. The zero-order chi connectivity index (χ0) is 18.1. The molecule has 8 nitrogen and oxygen atoms in total. The zero-order valence-corrected chi connectivity index (χ0v) is 14.6. The Balaban J connectivity index is 1.24. The van der Waals surface area contributed by atoms with E-state index in [2.05, 4.69) is 10.6 Å². The number of ether oxygens (including phenoxy) is 3. The SMILES string of the molecule is O=C(COC(=O)C1=COCCO1)NC(=O)NC12CC3CC(CC(C3)C1)C2. The highest BCUT2D eigenvalue weighted by Crippen LogP contribution is 2.55. The molecule has 1 heterocycles. The molecule has 4 saturated carbocycles. The van der Waals surface area contributed by atoms with E-state index < -0.39 is 24.5 Å². The number of amides is 3. The summed E-state index contributed by atoms with van der Waals surface area (Å²) in [4.78, 5) is 35.8. The molecule has 0 spiro atoms. The van der Waals surface area contributed by atoms with Gasteiger partial charge in [-0.15, -0.1) is 0 Å². The Hall–Kier alpha value is -2.25. The van der Waals surface area contributed by atoms with Gasteiger partial charge in [0.15, 0.2) is 6.61 Å². The average Bonchev–Trinajstić information content (AvgIpc) is 2.58. The molecule has 142 valence electrons. The number of nitrogens with one attached hydrogen (secondary N) is 2. The molecular formula is C18H24N2O6. The average molecular weight is 364 g/mol. The first-order valence-electron chi connectivity index (χ1n) is 9.25. The van der Waals surface area contributed by atoms with E-state index in [9.17, 15) is 14.4 Å². The Bertz CT molecular complexity index is 608. The van der Waals surface area contributed by atoms with Crippen LogP contribution < -0.4 is 10.6 Å². The highest BCUT2D eigenvalue weighted by atomic mass is 16.6. The topological polar surface area (TPSA) is 103 Å². The predicted molar refractivity (Wildman–Crippen MR) is 88.5 cm³/mol. The molecule has 0 radical (unpaired) electrons. The van der Waals surface area contributed by atoms with Crippen molar-refractivity contribution in [3.63, 3.8) is 0 Å². The lowest BCUT2D eigenvalue weighted by Crippen LogP contribution is -2.62. The van der Waals surface area contributed by atoms with Crippen molar-refractivity contribution >= 4 is 17.9 Å². The minimum atomic E-state index is -0.790. The van der Waals surface area contributed by atoms with Crippen LogP contribution in [0.1, 0.15) is 38.5 Å². The lowest BCUT2D eigenvalue weighted by molar-refractivity contribution is -0.149. The van der Waals surface area contributed by atoms with E-state index in [1.54, 1.807) is 0 Å². The number of hydrogen-bond acceptors (Lipinski definition) is 6. The highest BCUT2D eigenvalue weighted by Gasteiger charge is 2.51. The van der Waals surface area contributed by atoms with E-state index in [4.69, 9.17) is 14.2 Å². The Labute approximate surface area is 151 Å². The fraction of sp³-hybridized carbons (Fsp3) is 0.722. The smallest absolute Gasteiger partial charge is 0.377 e. The van der Waals surface area contributed by atoms with Gasteiger partial charge in [-0.25, -0.2) is 9.59 Å². The molecule has 0 aromatic heterocycles. The minimum Gasteiger partial charge on any atom is -0.493 e. The van der Waals surface area contributed by atoms with Crippen LogP contribution in [-0.2, 0) is 23.8 Å². The van der Waals surface area contributed by atoms with Crippen molar-refractivity contribution in [2.75, 3.05) is 19.8 Å². The second-order valence-electron chi connectivity index (χ2n) is 7.98. The Kier molecular flexibility index (Phi) is 4.50. The van der Waals surface area contributed by atoms with E-state index in [0.717, 1.165) is 25.5 Å². The van der Waals surface area contributed by atoms with Crippen LogP contribution >= 0.6 is 0 Å². The van der Waals surface area contributed by atoms with Crippen LogP contribution in [0, 0.1) is 17.8 Å². The van der Waals surface area contributed by atoms with Crippen molar-refractivity contribution in [3.05, 3.63) is 12.0 Å². The number of carbonyl (C=O) groups is 3. The second-order valence-corrected chi connectivity index (χ2v) is 7.98. The molecule has 5 rings (SSSR count). The molecule has 26 heavy (non-hydrogen) atoms. The first kappa shape index (κ1) is 17.2. The molecule has 4 bridgehead atoms. The summed E-state index contributed by atoms with van der Waals surface area (Å²) in [6, 6.07) is -0.510. The quantitative estimate of drug-likeness (QED) is 0.727. The summed E-state index contributed by atoms with van der Waals surface area (Å²) in [6.07, 6.45) is 7.99. The molecule has 8 heteroatoms. The van der Waals surface area contributed by atoms with Crippen LogP contribution in [0.5, 0.6) is 0 Å². The fourth-order valence-electron chi connectivity index (χ4n) is 5.38. The molecule has 0 saturated heterocycles. The van der Waals surface area contributed by atoms with Gasteiger partial charge in [-0.1, -0.05) is 0 Å². The second kappa shape index (κ2) is 6.81. The van der Waals surface area contributed by atoms with Crippen molar-refractivity contribution < 1.29 is 28.6 Å². The van der Waals surface area contributed by atoms with Gasteiger partial charge in [-0.3, -0.25) is 10.1 Å². The van der Waals surface area contributed by atoms with E-state index >= 15 is 0 Å². The Morgan fingerprint density at radius 2 is 1.73 bits per heavy atom. The monoisotopic (exact) mass is 364 g/mol. The van der Waals surface area contributed by atoms with Gasteiger partial charge >= 0.3 is 12.0 Å². The van der Waals surface area contributed by atoms with E-state index in [-0.39, 0.29) is 17.9 Å². The summed E-state index contributed by atoms with van der Waals surface area (Å²) in [5.41, 5.74) is -0.173. The van der Waals surface area contributed by atoms with Crippen molar-refractivity contribution in [3.8, 4) is 0 Å². The summed E-state index contributed by atoms with van der Waals surface area (Å²) >= 11 is 0. The van der Waals surface area contributed by atoms with Crippen LogP contribution in [0.25, 0.3) is 0 Å². The van der Waals surface area contributed by atoms with Crippen LogP contribution in [0.15, 0.2) is 12.0 Å². The summed E-state index contributed by atoms with van der Waals surface area (Å²) in [5, 5.41) is 5.29. The first-order valence-corrected chi connectivity index (χ1v) is 9.25. The lowest BCUT2D eigenvalue weighted by atomic mass is 9.53. The normalized spacial score (nSPS) is 34.2. The lowest BCUT2D eigenvalue weighted by Gasteiger charge is -2.56. The first-order chi connectivity index (χ1) is 12.5. The molecule has 3 amide bonds. The van der Waals surface area contributed by atoms with Crippen molar-refractivity contribution in [2.24, 2.45) is 17.8 Å². The number of hydrogen-bond donors (Lipinski definition) is 2. The van der Waals surface area contributed by atoms with Crippen LogP contribution in [0.2, 0.25) is 0 Å². The Morgan fingerprint density at radius 3 is 2.31 bits per heavy atom. The molecule has 0 unspecified atom stereocenters. The number of urea groups is 1. The summed E-state index contributed by atoms with van der Waals surface area (Å²) < 4.78 is 14.9. The van der Waals surface area contributed by atoms with Gasteiger partial charge in [0.2, 0.25) is 5.76 Å². The maximum atomic E-state index is 12.2. The maximum Gasteiger partial charge on any atom is 0.377 e. The van der Waals surface area contributed by atoms with Gasteiger partial charge in [0.25, 0.3) is 5.91 Å². The summed E-state index contributed by atoms with van der Waals surface area (Å²) in [6.45, 7) is 0.0657. The van der Waals surface area contributed by atoms with Gasteiger partial charge in [-0.2, -0.15) is 0 Å². The fourth-order valence-corrected chi connectivity index (χ4v) is 5.38. The van der Waals surface area contributed by atoms with Crippen molar-refractivity contribution in [2.45, 2.75) is 44.1 Å². The third-order valence-corrected chi connectivity index (χ3v) is 5.85. The molecule has 2 N–H and O–H groups in total. The molecule has 4 fully saturated rings. The Morgan fingerprint density at radius 1 is 1.08 bits per heavy atom. The molecular weight excluding hydrogens is 340 g/mol. The molecule has 1 aliphatic heterocycles. The van der Waals surface area contributed by atoms with Gasteiger partial charge < -0.3 is 19.5 Å². The van der Waals surface area contributed by atoms with E-state index in [1.807, 2.05) is 0 Å². The molecule has 5 aliphatic rings. The minimum absolute atomic E-state index is 0.0814. The zero-order valence-electron chi connectivity index (χ0n) is 14.6. The predicted octanol–water partition coefficient (Wildman–Crippen LogP) is 1.21. The van der Waals surface area contributed by atoms with E-state index in [0.29, 0.717) is 24.4 Å². The number of carbonyl (C=O) groups excluding carboxylic acids is 3. The number of esters is 1. The van der Waals surface area contributed by atoms with Crippen molar-refractivity contribution in [1.82, 2.24) is 10.6 Å². The van der Waals surface area contributed by atoms with E-state index in [1.165, 1.54) is 19.3 Å². The third kappa shape index (κ3) is 3.64. The van der Waals surface area contributed by atoms with Crippen molar-refractivity contribution in [1.29, 1.82) is 0 Å². The summed E-state index contributed by atoms with van der Waals surface area (Å²) in [5.74, 6) is 0.555. The molecule has 0 aromatic carbocycles. The van der Waals surface area contributed by atoms with Gasteiger partial charge in [-0.05, 0) is 56.3 Å². The van der Waals surface area contributed by atoms with Crippen LogP contribution in [0.4, 0.5) is 4.79 Å². The number of rotatable bonds is 4.